The molecule has 2 rings (SSSR count). The van der Waals surface area contributed by atoms with Gasteiger partial charge in [-0.3, -0.25) is 9.10 Å². The number of sulfonamides is 1. The largest absolute Gasteiger partial charge is 0.368 e. The minimum Gasteiger partial charge on any atom is -0.368 e. The highest BCUT2D eigenvalue weighted by molar-refractivity contribution is 7.92. The molecule has 0 aliphatic rings. The number of rotatable bonds is 5. The van der Waals surface area contributed by atoms with Crippen molar-refractivity contribution in [3.63, 3.8) is 0 Å². The van der Waals surface area contributed by atoms with E-state index in [-0.39, 0.29) is 4.90 Å². The van der Waals surface area contributed by atoms with Gasteiger partial charge in [0.05, 0.1) is 10.6 Å². The van der Waals surface area contributed by atoms with Crippen LogP contribution in [0.1, 0.15) is 5.56 Å². The van der Waals surface area contributed by atoms with Crippen LogP contribution in [0.15, 0.2) is 53.4 Å². The Hall–Kier alpha value is -2.41. The first-order valence-corrected chi connectivity index (χ1v) is 7.88. The van der Waals surface area contributed by atoms with E-state index in [1.807, 2.05) is 0 Å². The predicted molar refractivity (Wildman–Crippen MR) is 81.3 cm³/mol. The number of carbonyl (C=O) groups excluding carboxylic acids is 1. The molecule has 0 bridgehead atoms. The molecule has 22 heavy (non-hydrogen) atoms. The highest BCUT2D eigenvalue weighted by Gasteiger charge is 2.26. The molecule has 0 saturated carbocycles. The maximum absolute atomic E-state index is 13.0. The SMILES string of the molecule is Cc1cccc(N(CC(N)=O)S(=O)(=O)c2ccc(F)cc2)c1. The predicted octanol–water partition coefficient (Wildman–Crippen LogP) is 1.81. The summed E-state index contributed by atoms with van der Waals surface area (Å²) in [5, 5.41) is 0. The van der Waals surface area contributed by atoms with E-state index in [1.54, 1.807) is 31.2 Å². The number of benzene rings is 2. The molecule has 0 unspecified atom stereocenters. The third kappa shape index (κ3) is 3.43. The van der Waals surface area contributed by atoms with Crippen molar-refractivity contribution in [1.82, 2.24) is 0 Å². The molecule has 2 aromatic rings. The number of primary amides is 1. The minimum absolute atomic E-state index is 0.114. The van der Waals surface area contributed by atoms with E-state index in [0.717, 1.165) is 34.1 Å². The van der Waals surface area contributed by atoms with Crippen LogP contribution in [0.25, 0.3) is 0 Å². The molecule has 0 aliphatic carbocycles. The molecule has 2 aromatic carbocycles. The third-order valence-corrected chi connectivity index (χ3v) is 4.78. The van der Waals surface area contributed by atoms with Crippen LogP contribution in [-0.2, 0) is 14.8 Å². The zero-order chi connectivity index (χ0) is 16.3. The molecule has 7 heteroatoms. The van der Waals surface area contributed by atoms with Crippen LogP contribution < -0.4 is 10.0 Å². The monoisotopic (exact) mass is 322 g/mol. The molecule has 0 atom stereocenters. The van der Waals surface area contributed by atoms with E-state index in [4.69, 9.17) is 5.73 Å². The number of carbonyl (C=O) groups is 1. The Kier molecular flexibility index (Phi) is 4.46. The quantitative estimate of drug-likeness (QED) is 0.911. The lowest BCUT2D eigenvalue weighted by atomic mass is 10.2. The van der Waals surface area contributed by atoms with Gasteiger partial charge in [0.25, 0.3) is 10.0 Å². The molecule has 0 fully saturated rings. The molecular formula is C15H15FN2O3S. The van der Waals surface area contributed by atoms with E-state index >= 15 is 0 Å². The Bertz CT molecular complexity index is 789. The molecule has 0 aromatic heterocycles. The lowest BCUT2D eigenvalue weighted by Crippen LogP contribution is -2.38. The first kappa shape index (κ1) is 16.0. The van der Waals surface area contributed by atoms with Crippen LogP contribution in [0.4, 0.5) is 10.1 Å². The molecule has 0 radical (unpaired) electrons. The van der Waals surface area contributed by atoms with E-state index in [0.29, 0.717) is 5.69 Å². The number of halogens is 1. The van der Waals surface area contributed by atoms with Gasteiger partial charge in [0.15, 0.2) is 0 Å². The van der Waals surface area contributed by atoms with Crippen LogP contribution in [0.5, 0.6) is 0 Å². The van der Waals surface area contributed by atoms with Gasteiger partial charge in [0.1, 0.15) is 12.4 Å². The van der Waals surface area contributed by atoms with Crippen LogP contribution in [0, 0.1) is 12.7 Å². The molecule has 0 spiro atoms. The van der Waals surface area contributed by atoms with Crippen LogP contribution in [0.2, 0.25) is 0 Å². The summed E-state index contributed by atoms with van der Waals surface area (Å²) in [5.41, 5.74) is 6.32. The van der Waals surface area contributed by atoms with E-state index in [9.17, 15) is 17.6 Å². The Morgan fingerprint density at radius 2 is 1.82 bits per heavy atom. The summed E-state index contributed by atoms with van der Waals surface area (Å²) in [5.74, 6) is -1.33. The molecule has 0 saturated heterocycles. The van der Waals surface area contributed by atoms with E-state index in [1.165, 1.54) is 0 Å². The topological polar surface area (TPSA) is 80.5 Å². The number of hydrogen-bond donors (Lipinski definition) is 1. The maximum Gasteiger partial charge on any atom is 0.264 e. The van der Waals surface area contributed by atoms with Crippen molar-refractivity contribution in [2.24, 2.45) is 5.73 Å². The fraction of sp³-hybridized carbons (Fsp3) is 0.133. The fourth-order valence-corrected chi connectivity index (χ4v) is 3.40. The summed E-state index contributed by atoms with van der Waals surface area (Å²) < 4.78 is 39.3. The van der Waals surface area contributed by atoms with Gasteiger partial charge in [-0.1, -0.05) is 12.1 Å². The normalized spacial score (nSPS) is 11.2. The van der Waals surface area contributed by atoms with Crippen molar-refractivity contribution in [1.29, 1.82) is 0 Å². The minimum atomic E-state index is -4.02. The van der Waals surface area contributed by atoms with Gasteiger partial charge in [-0.15, -0.1) is 0 Å². The molecule has 116 valence electrons. The standard InChI is InChI=1S/C15H15FN2O3S/c1-11-3-2-4-13(9-11)18(10-15(17)19)22(20,21)14-7-5-12(16)6-8-14/h2-9H,10H2,1H3,(H2,17,19). The number of nitrogens with two attached hydrogens (primary N) is 1. The average molecular weight is 322 g/mol. The van der Waals surface area contributed by atoms with Gasteiger partial charge in [-0.25, -0.2) is 12.8 Å². The molecule has 2 N–H and O–H groups in total. The number of anilines is 1. The van der Waals surface area contributed by atoms with Crippen molar-refractivity contribution in [2.75, 3.05) is 10.8 Å². The maximum atomic E-state index is 13.0. The zero-order valence-electron chi connectivity index (χ0n) is 11.9. The lowest BCUT2D eigenvalue weighted by Gasteiger charge is -2.23. The second-order valence-corrected chi connectivity index (χ2v) is 6.63. The summed E-state index contributed by atoms with van der Waals surface area (Å²) >= 11 is 0. The third-order valence-electron chi connectivity index (χ3n) is 2.99. The van der Waals surface area contributed by atoms with Gasteiger partial charge in [0, 0.05) is 0 Å². The fourth-order valence-electron chi connectivity index (χ4n) is 1.97. The van der Waals surface area contributed by atoms with Crippen molar-refractivity contribution >= 4 is 21.6 Å². The Morgan fingerprint density at radius 3 is 2.36 bits per heavy atom. The van der Waals surface area contributed by atoms with Crippen LogP contribution in [0.3, 0.4) is 0 Å². The summed E-state index contributed by atoms with van der Waals surface area (Å²) in [6.07, 6.45) is 0. The molecule has 0 heterocycles. The van der Waals surface area contributed by atoms with E-state index in [2.05, 4.69) is 0 Å². The first-order valence-electron chi connectivity index (χ1n) is 6.44. The molecule has 5 nitrogen and oxygen atoms in total. The summed E-state index contributed by atoms with van der Waals surface area (Å²) in [4.78, 5) is 11.1. The zero-order valence-corrected chi connectivity index (χ0v) is 12.7. The van der Waals surface area contributed by atoms with Gasteiger partial charge < -0.3 is 5.73 Å². The lowest BCUT2D eigenvalue weighted by molar-refractivity contribution is -0.116. The van der Waals surface area contributed by atoms with Crippen molar-refractivity contribution < 1.29 is 17.6 Å². The van der Waals surface area contributed by atoms with Gasteiger partial charge >= 0.3 is 0 Å². The van der Waals surface area contributed by atoms with Gasteiger partial charge in [-0.05, 0) is 48.9 Å². The number of aryl methyl sites for hydroxylation is 1. The Balaban J connectivity index is 2.53. The molecule has 0 aliphatic heterocycles. The van der Waals surface area contributed by atoms with Crippen LogP contribution in [-0.4, -0.2) is 20.9 Å². The summed E-state index contributed by atoms with van der Waals surface area (Å²) in [6.45, 7) is 1.31. The Labute approximate surface area is 128 Å². The van der Waals surface area contributed by atoms with Crippen molar-refractivity contribution in [3.05, 3.63) is 59.9 Å². The molecular weight excluding hydrogens is 307 g/mol. The molecule has 1 amide bonds. The second-order valence-electron chi connectivity index (χ2n) is 4.77. The first-order chi connectivity index (χ1) is 10.3. The van der Waals surface area contributed by atoms with Crippen LogP contribution >= 0.6 is 0 Å². The van der Waals surface area contributed by atoms with Gasteiger partial charge in [-0.2, -0.15) is 0 Å². The van der Waals surface area contributed by atoms with Gasteiger partial charge in [0.2, 0.25) is 5.91 Å². The van der Waals surface area contributed by atoms with Crippen molar-refractivity contribution in [2.45, 2.75) is 11.8 Å². The van der Waals surface area contributed by atoms with Crippen molar-refractivity contribution in [3.8, 4) is 0 Å². The summed E-state index contributed by atoms with van der Waals surface area (Å²) in [7, 11) is -4.02. The smallest absolute Gasteiger partial charge is 0.264 e. The second kappa shape index (κ2) is 6.15. The average Bonchev–Trinajstić information content (AvgIpc) is 2.45. The number of nitrogens with zero attached hydrogens (tertiary/aromatic N) is 1. The number of hydrogen-bond acceptors (Lipinski definition) is 3. The highest BCUT2D eigenvalue weighted by atomic mass is 32.2. The Morgan fingerprint density at radius 1 is 1.18 bits per heavy atom. The summed E-state index contributed by atoms with van der Waals surface area (Å²) in [6, 6.07) is 11.1. The number of amides is 1. The highest BCUT2D eigenvalue weighted by Crippen LogP contribution is 2.24. The van der Waals surface area contributed by atoms with E-state index < -0.39 is 28.3 Å².